The summed E-state index contributed by atoms with van der Waals surface area (Å²) in [5.41, 5.74) is 0. The highest BCUT2D eigenvalue weighted by Gasteiger charge is 2.24. The summed E-state index contributed by atoms with van der Waals surface area (Å²) in [5.74, 6) is 2.49. The molecule has 1 aliphatic rings. The fraction of sp³-hybridized carbons (Fsp3) is 0.857. The van der Waals surface area contributed by atoms with Crippen molar-refractivity contribution in [3.05, 3.63) is 11.6 Å². The summed E-state index contributed by atoms with van der Waals surface area (Å²) in [6, 6.07) is 0.498. The first-order valence-corrected chi connectivity index (χ1v) is 7.36. The molecule has 19 heavy (non-hydrogen) atoms. The normalized spacial score (nSPS) is 21.2. The van der Waals surface area contributed by atoms with E-state index in [-0.39, 0.29) is 6.61 Å². The van der Waals surface area contributed by atoms with Crippen LogP contribution >= 0.6 is 0 Å². The Morgan fingerprint density at radius 2 is 2.11 bits per heavy atom. The molecule has 1 atom stereocenters. The van der Waals surface area contributed by atoms with Gasteiger partial charge in [0.05, 0.1) is 6.54 Å². The monoisotopic (exact) mass is 266 g/mol. The highest BCUT2D eigenvalue weighted by Crippen LogP contribution is 2.22. The number of aliphatic hydroxyl groups excluding tert-OH is 1. The van der Waals surface area contributed by atoms with Crippen molar-refractivity contribution in [1.29, 1.82) is 0 Å². The number of likely N-dealkylation sites (tertiary alicyclic amines) is 1. The zero-order valence-corrected chi connectivity index (χ0v) is 12.3. The Kier molecular flexibility index (Phi) is 4.93. The zero-order valence-electron chi connectivity index (χ0n) is 12.3. The number of hydrogen-bond donors (Lipinski definition) is 1. The van der Waals surface area contributed by atoms with Gasteiger partial charge in [-0.25, -0.2) is 0 Å². The molecule has 1 aromatic rings. The molecule has 1 N–H and O–H groups in total. The highest BCUT2D eigenvalue weighted by molar-refractivity contribution is 4.99. The second kappa shape index (κ2) is 6.48. The summed E-state index contributed by atoms with van der Waals surface area (Å²) < 4.78 is 2.12. The van der Waals surface area contributed by atoms with Gasteiger partial charge in [0, 0.05) is 25.6 Å². The van der Waals surface area contributed by atoms with Crippen LogP contribution in [-0.2, 0) is 13.6 Å². The third-order valence-corrected chi connectivity index (χ3v) is 4.07. The van der Waals surface area contributed by atoms with Crippen molar-refractivity contribution in [3.63, 3.8) is 0 Å². The lowest BCUT2D eigenvalue weighted by atomic mass is 10.00. The van der Waals surface area contributed by atoms with Gasteiger partial charge in [0.2, 0.25) is 0 Å². The minimum atomic E-state index is 0.275. The second-order valence-electron chi connectivity index (χ2n) is 5.82. The lowest BCUT2D eigenvalue weighted by molar-refractivity contribution is 0.108. The van der Waals surface area contributed by atoms with E-state index in [1.54, 1.807) is 0 Å². The van der Waals surface area contributed by atoms with E-state index in [0.717, 1.165) is 31.2 Å². The van der Waals surface area contributed by atoms with Gasteiger partial charge in [0.15, 0.2) is 0 Å². The van der Waals surface area contributed by atoms with Crippen molar-refractivity contribution in [1.82, 2.24) is 19.7 Å². The molecule has 5 heteroatoms. The van der Waals surface area contributed by atoms with Gasteiger partial charge in [-0.05, 0) is 25.8 Å². The molecule has 0 aliphatic carbocycles. The lowest BCUT2D eigenvalue weighted by Crippen LogP contribution is -2.40. The predicted molar refractivity (Wildman–Crippen MR) is 74.8 cm³/mol. The molecular weight excluding hydrogens is 240 g/mol. The molecule has 0 radical (unpaired) electrons. The van der Waals surface area contributed by atoms with Gasteiger partial charge in [0.1, 0.15) is 11.6 Å². The van der Waals surface area contributed by atoms with E-state index in [1.165, 1.54) is 19.3 Å². The maximum absolute atomic E-state index is 9.17. The molecule has 0 saturated carbocycles. The van der Waals surface area contributed by atoms with Crippen LogP contribution in [-0.4, -0.2) is 44.0 Å². The summed E-state index contributed by atoms with van der Waals surface area (Å²) in [6.45, 7) is 6.51. The van der Waals surface area contributed by atoms with E-state index in [1.807, 2.05) is 0 Å². The van der Waals surface area contributed by atoms with Gasteiger partial charge in [-0.15, -0.1) is 10.2 Å². The summed E-state index contributed by atoms with van der Waals surface area (Å²) in [5, 5.41) is 17.8. The Bertz CT molecular complexity index is 400. The summed E-state index contributed by atoms with van der Waals surface area (Å²) in [4.78, 5) is 2.45. The van der Waals surface area contributed by atoms with E-state index in [9.17, 15) is 5.11 Å². The summed E-state index contributed by atoms with van der Waals surface area (Å²) >= 11 is 0. The van der Waals surface area contributed by atoms with Gasteiger partial charge >= 0.3 is 0 Å². The number of rotatable bonds is 5. The molecular formula is C14H26N4O. The van der Waals surface area contributed by atoms with Crippen LogP contribution in [0.15, 0.2) is 0 Å². The molecule has 1 aromatic heterocycles. The van der Waals surface area contributed by atoms with Crippen molar-refractivity contribution >= 4 is 0 Å². The average molecular weight is 266 g/mol. The number of hydrogen-bond acceptors (Lipinski definition) is 4. The molecule has 5 nitrogen and oxygen atoms in total. The molecule has 1 unspecified atom stereocenters. The molecule has 108 valence electrons. The second-order valence-corrected chi connectivity index (χ2v) is 5.82. The first kappa shape index (κ1) is 14.5. The van der Waals surface area contributed by atoms with Crippen LogP contribution in [0.25, 0.3) is 0 Å². The van der Waals surface area contributed by atoms with Crippen LogP contribution in [0.3, 0.4) is 0 Å². The highest BCUT2D eigenvalue weighted by atomic mass is 16.3. The topological polar surface area (TPSA) is 54.2 Å². The Morgan fingerprint density at radius 1 is 1.32 bits per heavy atom. The van der Waals surface area contributed by atoms with Gasteiger partial charge in [-0.2, -0.15) is 0 Å². The van der Waals surface area contributed by atoms with Crippen molar-refractivity contribution in [2.45, 2.75) is 58.0 Å². The van der Waals surface area contributed by atoms with Gasteiger partial charge < -0.3 is 9.67 Å². The van der Waals surface area contributed by atoms with Gasteiger partial charge in [0.25, 0.3) is 0 Å². The molecule has 1 aliphatic heterocycles. The minimum absolute atomic E-state index is 0.275. The van der Waals surface area contributed by atoms with Crippen LogP contribution in [0.2, 0.25) is 0 Å². The van der Waals surface area contributed by atoms with Gasteiger partial charge in [-0.1, -0.05) is 20.3 Å². The molecule has 0 bridgehead atoms. The quantitative estimate of drug-likeness (QED) is 0.881. The van der Waals surface area contributed by atoms with E-state index < -0.39 is 0 Å². The Hall–Kier alpha value is -0.940. The zero-order chi connectivity index (χ0) is 13.8. The number of aliphatic hydroxyl groups is 1. The summed E-state index contributed by atoms with van der Waals surface area (Å²) in [6.07, 6.45) is 4.58. The van der Waals surface area contributed by atoms with Crippen molar-refractivity contribution in [2.75, 3.05) is 13.2 Å². The number of aromatic nitrogens is 3. The molecule has 1 saturated heterocycles. The molecule has 0 aromatic carbocycles. The minimum Gasteiger partial charge on any atom is -0.396 e. The van der Waals surface area contributed by atoms with E-state index in [2.05, 4.69) is 40.6 Å². The fourth-order valence-electron chi connectivity index (χ4n) is 2.94. The first-order chi connectivity index (χ1) is 9.13. The van der Waals surface area contributed by atoms with Crippen molar-refractivity contribution in [3.8, 4) is 0 Å². The SMILES string of the molecule is CC(C)c1nnc(CN2CCCCC2CCO)n1C. The molecule has 2 heterocycles. The molecule has 0 spiro atoms. The number of nitrogens with zero attached hydrogens (tertiary/aromatic N) is 4. The van der Waals surface area contributed by atoms with Crippen LogP contribution in [0, 0.1) is 0 Å². The predicted octanol–water partition coefficient (Wildman–Crippen LogP) is 1.68. The maximum atomic E-state index is 9.17. The van der Waals surface area contributed by atoms with Crippen LogP contribution in [0.4, 0.5) is 0 Å². The van der Waals surface area contributed by atoms with Crippen molar-refractivity contribution in [2.24, 2.45) is 7.05 Å². The average Bonchev–Trinajstić information content (AvgIpc) is 2.74. The van der Waals surface area contributed by atoms with E-state index in [0.29, 0.717) is 12.0 Å². The fourth-order valence-corrected chi connectivity index (χ4v) is 2.94. The third-order valence-electron chi connectivity index (χ3n) is 4.07. The Labute approximate surface area is 115 Å². The van der Waals surface area contributed by atoms with Crippen LogP contribution in [0.1, 0.15) is 57.1 Å². The Balaban J connectivity index is 2.06. The smallest absolute Gasteiger partial charge is 0.146 e. The molecule has 1 fully saturated rings. The molecule has 2 rings (SSSR count). The van der Waals surface area contributed by atoms with E-state index in [4.69, 9.17) is 0 Å². The maximum Gasteiger partial charge on any atom is 0.146 e. The largest absolute Gasteiger partial charge is 0.396 e. The van der Waals surface area contributed by atoms with Crippen LogP contribution < -0.4 is 0 Å². The summed E-state index contributed by atoms with van der Waals surface area (Å²) in [7, 11) is 2.05. The Morgan fingerprint density at radius 3 is 2.74 bits per heavy atom. The lowest BCUT2D eigenvalue weighted by Gasteiger charge is -2.35. The first-order valence-electron chi connectivity index (χ1n) is 7.36. The van der Waals surface area contributed by atoms with Gasteiger partial charge in [-0.3, -0.25) is 4.90 Å². The van der Waals surface area contributed by atoms with E-state index >= 15 is 0 Å². The van der Waals surface area contributed by atoms with Crippen molar-refractivity contribution < 1.29 is 5.11 Å². The van der Waals surface area contributed by atoms with Crippen LogP contribution in [0.5, 0.6) is 0 Å². The third kappa shape index (κ3) is 3.34. The number of piperidine rings is 1. The standard InChI is InChI=1S/C14H26N4O/c1-11(2)14-16-15-13(17(14)3)10-18-8-5-4-6-12(18)7-9-19/h11-12,19H,4-10H2,1-3H3. The molecule has 0 amide bonds.